The predicted molar refractivity (Wildman–Crippen MR) is 145 cm³/mol. The van der Waals surface area contributed by atoms with Crippen molar-refractivity contribution in [2.75, 3.05) is 10.6 Å². The van der Waals surface area contributed by atoms with Crippen molar-refractivity contribution in [1.29, 1.82) is 0 Å². The highest BCUT2D eigenvalue weighted by atomic mass is 32.2. The number of anilines is 2. The predicted octanol–water partition coefficient (Wildman–Crippen LogP) is 6.81. The summed E-state index contributed by atoms with van der Waals surface area (Å²) in [4.78, 5) is 23.2. The molecule has 0 aliphatic rings. The van der Waals surface area contributed by atoms with E-state index in [1.165, 1.54) is 42.5 Å². The van der Waals surface area contributed by atoms with Crippen molar-refractivity contribution >= 4 is 56.2 Å². The van der Waals surface area contributed by atoms with Gasteiger partial charge in [-0.15, -0.1) is 0 Å². The van der Waals surface area contributed by atoms with Crippen LogP contribution < -0.4 is 10.6 Å². The van der Waals surface area contributed by atoms with Crippen molar-refractivity contribution in [3.05, 3.63) is 96.6 Å². The van der Waals surface area contributed by atoms with Gasteiger partial charge < -0.3 is 20.8 Å². The molecular weight excluding hydrogens is 540 g/mol. The summed E-state index contributed by atoms with van der Waals surface area (Å²) in [6.07, 6.45) is 0. The van der Waals surface area contributed by atoms with Crippen molar-refractivity contribution in [2.45, 2.75) is 4.90 Å². The Kier molecular flexibility index (Phi) is 8.22. The number of urea groups is 1. The minimum atomic E-state index is -4.35. The lowest BCUT2D eigenvalue weighted by Gasteiger charge is -2.08. The quantitative estimate of drug-likeness (QED) is 0.115. The van der Waals surface area contributed by atoms with Crippen LogP contribution in [0.3, 0.4) is 0 Å². The van der Waals surface area contributed by atoms with Crippen molar-refractivity contribution in [1.82, 2.24) is 0 Å². The molecule has 202 valence electrons. The summed E-state index contributed by atoms with van der Waals surface area (Å²) in [6, 6.07) is 21.5. The van der Waals surface area contributed by atoms with Gasteiger partial charge in [0.1, 0.15) is 11.3 Å². The first kappa shape index (κ1) is 27.6. The van der Waals surface area contributed by atoms with Crippen molar-refractivity contribution in [3.8, 4) is 5.75 Å². The Bertz CT molecular complexity index is 1720. The molecule has 0 aromatic heterocycles. The van der Waals surface area contributed by atoms with Crippen LogP contribution >= 0.6 is 0 Å². The van der Waals surface area contributed by atoms with Gasteiger partial charge in [0, 0.05) is 11.4 Å². The van der Waals surface area contributed by atoms with Gasteiger partial charge in [-0.05, 0) is 84.9 Å². The van der Waals surface area contributed by atoms with E-state index in [0.717, 1.165) is 0 Å². The third-order valence-corrected chi connectivity index (χ3v) is 5.99. The summed E-state index contributed by atoms with van der Waals surface area (Å²) in [6.45, 7) is 0. The van der Waals surface area contributed by atoms with E-state index in [9.17, 15) is 23.1 Å². The number of carbonyl (C=O) groups excluding carboxylic acids is 1. The number of carboxylic acids is 1. The van der Waals surface area contributed by atoms with E-state index < -0.39 is 22.1 Å². The SMILES string of the molecule is O=C(Nc1ccc(N=Nc2cccc(S(=O)(=O)O)c2)cc1)Nc1ccc(N=Nc2ccc(O)c(C(=O)O)c2)cc1. The highest BCUT2D eigenvalue weighted by Gasteiger charge is 2.11. The van der Waals surface area contributed by atoms with Crippen molar-refractivity contribution in [3.63, 3.8) is 0 Å². The highest BCUT2D eigenvalue weighted by molar-refractivity contribution is 7.85. The summed E-state index contributed by atoms with van der Waals surface area (Å²) < 4.78 is 31.6. The number of phenols is 1. The Balaban J connectivity index is 1.32. The first-order valence-electron chi connectivity index (χ1n) is 11.3. The molecule has 0 unspecified atom stereocenters. The first-order valence-corrected chi connectivity index (χ1v) is 12.8. The molecule has 40 heavy (non-hydrogen) atoms. The fourth-order valence-corrected chi connectivity index (χ4v) is 3.73. The zero-order valence-electron chi connectivity index (χ0n) is 20.3. The molecule has 4 rings (SSSR count). The number of hydrogen-bond acceptors (Lipinski definition) is 9. The minimum absolute atomic E-state index is 0.233. The topological polar surface area (TPSA) is 202 Å². The van der Waals surface area contributed by atoms with Crippen molar-refractivity contribution in [2.24, 2.45) is 20.5 Å². The van der Waals surface area contributed by atoms with Gasteiger partial charge in [-0.3, -0.25) is 4.55 Å². The number of nitrogens with zero attached hydrogens (tertiary/aromatic N) is 4. The maximum Gasteiger partial charge on any atom is 0.339 e. The molecule has 0 radical (unpaired) electrons. The molecule has 13 nitrogen and oxygen atoms in total. The van der Waals surface area contributed by atoms with E-state index >= 15 is 0 Å². The molecule has 14 heteroatoms. The molecule has 0 atom stereocenters. The van der Waals surface area contributed by atoms with Crippen LogP contribution in [0.2, 0.25) is 0 Å². The molecular formula is C26H20N6O7S. The molecule has 4 aromatic carbocycles. The zero-order valence-corrected chi connectivity index (χ0v) is 21.1. The smallest absolute Gasteiger partial charge is 0.339 e. The third kappa shape index (κ3) is 7.53. The number of nitrogens with one attached hydrogen (secondary N) is 2. The van der Waals surface area contributed by atoms with Gasteiger partial charge in [0.05, 0.1) is 27.6 Å². The third-order valence-electron chi connectivity index (χ3n) is 5.14. The van der Waals surface area contributed by atoms with E-state index in [1.807, 2.05) is 0 Å². The number of azo groups is 2. The van der Waals surface area contributed by atoms with Crippen LogP contribution in [0.15, 0.2) is 116 Å². The van der Waals surface area contributed by atoms with E-state index in [-0.39, 0.29) is 27.6 Å². The van der Waals surface area contributed by atoms with Crippen LogP contribution in [0, 0.1) is 0 Å². The number of rotatable bonds is 8. The van der Waals surface area contributed by atoms with Crippen LogP contribution in [0.4, 0.5) is 38.9 Å². The van der Waals surface area contributed by atoms with E-state index in [1.54, 1.807) is 48.5 Å². The Morgan fingerprint density at radius 2 is 1.12 bits per heavy atom. The Hall–Kier alpha value is -5.47. The van der Waals surface area contributed by atoms with E-state index in [2.05, 4.69) is 31.1 Å². The monoisotopic (exact) mass is 560 g/mol. The molecule has 0 saturated heterocycles. The van der Waals surface area contributed by atoms with Crippen LogP contribution in [0.5, 0.6) is 5.75 Å². The number of amides is 2. The van der Waals surface area contributed by atoms with Gasteiger partial charge in [-0.25, -0.2) is 9.59 Å². The number of hydrogen-bond donors (Lipinski definition) is 5. The second-order valence-electron chi connectivity index (χ2n) is 8.05. The number of carboxylic acid groups (broad SMARTS) is 1. The fraction of sp³-hybridized carbons (Fsp3) is 0. The standard InChI is InChI=1S/C26H20N6O7S/c33-24-13-12-21(15-23(24)25(34)35)32-30-19-10-6-17(7-11-19)28-26(36)27-16-4-8-18(9-5-16)29-31-20-2-1-3-22(14-20)40(37,38)39/h1-15,33H,(H,34,35)(H2,27,28,36)(H,37,38,39). The second-order valence-corrected chi connectivity index (χ2v) is 9.47. The van der Waals surface area contributed by atoms with Crippen LogP contribution in [-0.4, -0.2) is 35.2 Å². The Morgan fingerprint density at radius 3 is 1.62 bits per heavy atom. The van der Waals surface area contributed by atoms with Crippen LogP contribution in [0.1, 0.15) is 10.4 Å². The number of carbonyl (C=O) groups is 2. The van der Waals surface area contributed by atoms with Gasteiger partial charge in [0.2, 0.25) is 0 Å². The molecule has 0 aliphatic heterocycles. The number of benzene rings is 4. The van der Waals surface area contributed by atoms with Crippen LogP contribution in [0.25, 0.3) is 0 Å². The maximum atomic E-state index is 12.4. The molecule has 2 amide bonds. The van der Waals surface area contributed by atoms with Gasteiger partial charge in [-0.2, -0.15) is 28.9 Å². The molecule has 0 spiro atoms. The molecule has 4 aromatic rings. The average molecular weight is 561 g/mol. The van der Waals surface area contributed by atoms with Gasteiger partial charge in [0.15, 0.2) is 0 Å². The summed E-state index contributed by atoms with van der Waals surface area (Å²) in [7, 11) is -4.35. The Morgan fingerprint density at radius 1 is 0.650 bits per heavy atom. The lowest BCUT2D eigenvalue weighted by Crippen LogP contribution is -2.19. The summed E-state index contributed by atoms with van der Waals surface area (Å²) >= 11 is 0. The maximum absolute atomic E-state index is 12.4. The van der Waals surface area contributed by atoms with Gasteiger partial charge in [-0.1, -0.05) is 6.07 Å². The van der Waals surface area contributed by atoms with Crippen molar-refractivity contribution < 1.29 is 32.8 Å². The number of aromatic hydroxyl groups is 1. The van der Waals surface area contributed by atoms with Gasteiger partial charge in [0.25, 0.3) is 10.1 Å². The summed E-state index contributed by atoms with van der Waals surface area (Å²) in [5.74, 6) is -1.66. The molecule has 0 aliphatic carbocycles. The Labute approximate surface area is 227 Å². The fourth-order valence-electron chi connectivity index (χ4n) is 3.21. The van der Waals surface area contributed by atoms with E-state index in [4.69, 9.17) is 9.66 Å². The highest BCUT2D eigenvalue weighted by Crippen LogP contribution is 2.26. The van der Waals surface area contributed by atoms with E-state index in [0.29, 0.717) is 22.7 Å². The average Bonchev–Trinajstić information content (AvgIpc) is 2.92. The molecule has 0 bridgehead atoms. The first-order chi connectivity index (χ1) is 19.1. The summed E-state index contributed by atoms with van der Waals surface area (Å²) in [5.41, 5.74) is 2.04. The molecule has 0 heterocycles. The second kappa shape index (κ2) is 11.9. The van der Waals surface area contributed by atoms with Gasteiger partial charge >= 0.3 is 12.0 Å². The zero-order chi connectivity index (χ0) is 28.7. The molecule has 5 N–H and O–H groups in total. The minimum Gasteiger partial charge on any atom is -0.507 e. The largest absolute Gasteiger partial charge is 0.507 e. The molecule has 0 fully saturated rings. The van der Waals surface area contributed by atoms with Crippen LogP contribution in [-0.2, 0) is 10.1 Å². The lowest BCUT2D eigenvalue weighted by atomic mass is 10.2. The number of aromatic carboxylic acids is 1. The molecule has 0 saturated carbocycles. The summed E-state index contributed by atoms with van der Waals surface area (Å²) in [5, 5.41) is 39.9. The normalized spacial score (nSPS) is 11.5. The lowest BCUT2D eigenvalue weighted by molar-refractivity contribution is 0.0693.